The molecule has 0 aliphatic heterocycles. The van der Waals surface area contributed by atoms with Crippen molar-refractivity contribution in [1.29, 1.82) is 0 Å². The SMILES string of the molecule is CCCC(C)CC(=O)C1CCC(F)(F)CC1. The largest absolute Gasteiger partial charge is 0.299 e. The molecule has 0 saturated heterocycles. The molecule has 1 atom stereocenters. The minimum atomic E-state index is -2.52. The molecule has 1 fully saturated rings. The quantitative estimate of drug-likeness (QED) is 0.694. The summed E-state index contributed by atoms with van der Waals surface area (Å²) in [5.74, 6) is -2.01. The standard InChI is InChI=1S/C13H22F2O/c1-3-4-10(2)9-12(16)11-5-7-13(14,15)8-6-11/h10-11H,3-9H2,1-2H3. The Morgan fingerprint density at radius 3 is 2.44 bits per heavy atom. The molecule has 0 amide bonds. The number of alkyl halides is 2. The average Bonchev–Trinajstić information content (AvgIpc) is 2.17. The minimum absolute atomic E-state index is 0.0982. The Hall–Kier alpha value is -0.470. The van der Waals surface area contributed by atoms with Crippen molar-refractivity contribution in [2.75, 3.05) is 0 Å². The number of carbonyl (C=O) groups excluding carboxylic acids is 1. The Morgan fingerprint density at radius 1 is 1.38 bits per heavy atom. The lowest BCUT2D eigenvalue weighted by molar-refractivity contribution is -0.127. The van der Waals surface area contributed by atoms with Crippen LogP contribution in [0.25, 0.3) is 0 Å². The van der Waals surface area contributed by atoms with E-state index in [1.54, 1.807) is 0 Å². The van der Waals surface area contributed by atoms with Crippen molar-refractivity contribution in [3.8, 4) is 0 Å². The molecule has 16 heavy (non-hydrogen) atoms. The first-order chi connectivity index (χ1) is 7.44. The Morgan fingerprint density at radius 2 is 1.94 bits per heavy atom. The molecule has 0 heterocycles. The zero-order valence-corrected chi connectivity index (χ0v) is 10.3. The van der Waals surface area contributed by atoms with Crippen molar-refractivity contribution >= 4 is 5.78 Å². The summed E-state index contributed by atoms with van der Waals surface area (Å²) in [4.78, 5) is 11.8. The maximum atomic E-state index is 12.9. The fraction of sp³-hybridized carbons (Fsp3) is 0.923. The van der Waals surface area contributed by atoms with E-state index < -0.39 is 5.92 Å². The van der Waals surface area contributed by atoms with Crippen LogP contribution in [0.15, 0.2) is 0 Å². The number of halogens is 2. The Labute approximate surface area is 96.6 Å². The summed E-state index contributed by atoms with van der Waals surface area (Å²) >= 11 is 0. The molecule has 0 spiro atoms. The van der Waals surface area contributed by atoms with Gasteiger partial charge in [-0.15, -0.1) is 0 Å². The van der Waals surface area contributed by atoms with E-state index in [4.69, 9.17) is 0 Å². The second-order valence-corrected chi connectivity index (χ2v) is 5.19. The van der Waals surface area contributed by atoms with E-state index in [-0.39, 0.29) is 24.5 Å². The van der Waals surface area contributed by atoms with Gasteiger partial charge in [0, 0.05) is 25.2 Å². The van der Waals surface area contributed by atoms with Gasteiger partial charge >= 0.3 is 0 Å². The molecule has 1 saturated carbocycles. The Kier molecular flexibility index (Phi) is 4.88. The summed E-state index contributed by atoms with van der Waals surface area (Å²) in [6.45, 7) is 4.17. The van der Waals surface area contributed by atoms with Gasteiger partial charge in [-0.2, -0.15) is 0 Å². The number of hydrogen-bond donors (Lipinski definition) is 0. The first-order valence-corrected chi connectivity index (χ1v) is 6.35. The first-order valence-electron chi connectivity index (χ1n) is 6.35. The van der Waals surface area contributed by atoms with Gasteiger partial charge in [0.2, 0.25) is 5.92 Å². The predicted octanol–water partition coefficient (Wildman–Crippen LogP) is 4.21. The fourth-order valence-electron chi connectivity index (χ4n) is 2.47. The monoisotopic (exact) mass is 232 g/mol. The molecular weight excluding hydrogens is 210 g/mol. The van der Waals surface area contributed by atoms with Gasteiger partial charge in [-0.1, -0.05) is 26.7 Å². The van der Waals surface area contributed by atoms with Crippen molar-refractivity contribution < 1.29 is 13.6 Å². The van der Waals surface area contributed by atoms with Gasteiger partial charge < -0.3 is 0 Å². The highest BCUT2D eigenvalue weighted by molar-refractivity contribution is 5.81. The van der Waals surface area contributed by atoms with Crippen LogP contribution in [0, 0.1) is 11.8 Å². The highest BCUT2D eigenvalue weighted by Crippen LogP contribution is 2.37. The second kappa shape index (κ2) is 5.74. The summed E-state index contributed by atoms with van der Waals surface area (Å²) in [5, 5.41) is 0. The smallest absolute Gasteiger partial charge is 0.248 e. The summed E-state index contributed by atoms with van der Waals surface area (Å²) in [7, 11) is 0. The third kappa shape index (κ3) is 4.18. The predicted molar refractivity (Wildman–Crippen MR) is 60.6 cm³/mol. The number of hydrogen-bond acceptors (Lipinski definition) is 1. The highest BCUT2D eigenvalue weighted by Gasteiger charge is 2.37. The second-order valence-electron chi connectivity index (χ2n) is 5.19. The van der Waals surface area contributed by atoms with Crippen molar-refractivity contribution in [3.63, 3.8) is 0 Å². The van der Waals surface area contributed by atoms with E-state index >= 15 is 0 Å². The third-order valence-corrected chi connectivity index (χ3v) is 3.50. The lowest BCUT2D eigenvalue weighted by Gasteiger charge is -2.27. The first kappa shape index (κ1) is 13.6. The molecule has 1 aliphatic carbocycles. The zero-order valence-electron chi connectivity index (χ0n) is 10.3. The number of rotatable bonds is 5. The number of Topliss-reactive ketones (excluding diaryl/α,β-unsaturated/α-hetero) is 1. The van der Waals surface area contributed by atoms with Crippen LogP contribution in [0.5, 0.6) is 0 Å². The molecule has 1 unspecified atom stereocenters. The van der Waals surface area contributed by atoms with Gasteiger partial charge in [-0.05, 0) is 18.8 Å². The van der Waals surface area contributed by atoms with Crippen LogP contribution in [-0.2, 0) is 4.79 Å². The summed E-state index contributed by atoms with van der Waals surface area (Å²) in [5.41, 5.74) is 0. The van der Waals surface area contributed by atoms with Crippen LogP contribution >= 0.6 is 0 Å². The van der Waals surface area contributed by atoms with Crippen LogP contribution in [0.4, 0.5) is 8.78 Å². The maximum absolute atomic E-state index is 12.9. The van der Waals surface area contributed by atoms with Gasteiger partial charge in [0.1, 0.15) is 5.78 Å². The molecule has 94 valence electrons. The van der Waals surface area contributed by atoms with Gasteiger partial charge in [0.05, 0.1) is 0 Å². The number of ketones is 1. The molecule has 0 aromatic rings. The van der Waals surface area contributed by atoms with Crippen molar-refractivity contribution in [2.45, 2.75) is 64.7 Å². The Bertz CT molecular complexity index is 228. The molecule has 0 aromatic heterocycles. The van der Waals surface area contributed by atoms with Crippen LogP contribution in [-0.4, -0.2) is 11.7 Å². The van der Waals surface area contributed by atoms with Gasteiger partial charge in [-0.3, -0.25) is 4.79 Å². The fourth-order valence-corrected chi connectivity index (χ4v) is 2.47. The van der Waals surface area contributed by atoms with Crippen molar-refractivity contribution in [3.05, 3.63) is 0 Å². The van der Waals surface area contributed by atoms with Gasteiger partial charge in [0.15, 0.2) is 0 Å². The summed E-state index contributed by atoms with van der Waals surface area (Å²) in [6, 6.07) is 0. The molecule has 0 aromatic carbocycles. The number of carbonyl (C=O) groups is 1. The molecule has 1 nitrogen and oxygen atoms in total. The van der Waals surface area contributed by atoms with Crippen LogP contribution in [0.1, 0.15) is 58.8 Å². The molecule has 3 heteroatoms. The van der Waals surface area contributed by atoms with Crippen LogP contribution < -0.4 is 0 Å². The lowest BCUT2D eigenvalue weighted by atomic mass is 9.81. The topological polar surface area (TPSA) is 17.1 Å². The summed E-state index contributed by atoms with van der Waals surface area (Å²) in [6.07, 6.45) is 3.25. The van der Waals surface area contributed by atoms with Crippen LogP contribution in [0.3, 0.4) is 0 Å². The highest BCUT2D eigenvalue weighted by atomic mass is 19.3. The average molecular weight is 232 g/mol. The van der Waals surface area contributed by atoms with Crippen molar-refractivity contribution in [2.24, 2.45) is 11.8 Å². The van der Waals surface area contributed by atoms with Crippen molar-refractivity contribution in [1.82, 2.24) is 0 Å². The summed E-state index contributed by atoms with van der Waals surface area (Å²) < 4.78 is 25.8. The van der Waals surface area contributed by atoms with E-state index in [1.165, 1.54) is 0 Å². The van der Waals surface area contributed by atoms with E-state index in [0.29, 0.717) is 25.2 Å². The molecule has 1 aliphatic rings. The lowest BCUT2D eigenvalue weighted by Crippen LogP contribution is -2.29. The minimum Gasteiger partial charge on any atom is -0.299 e. The molecule has 0 radical (unpaired) electrons. The molecule has 1 rings (SSSR count). The molecule has 0 N–H and O–H groups in total. The Balaban J connectivity index is 2.33. The maximum Gasteiger partial charge on any atom is 0.248 e. The van der Waals surface area contributed by atoms with Crippen LogP contribution in [0.2, 0.25) is 0 Å². The zero-order chi connectivity index (χ0) is 12.2. The third-order valence-electron chi connectivity index (χ3n) is 3.50. The molecular formula is C13H22F2O. The van der Waals surface area contributed by atoms with Gasteiger partial charge in [-0.25, -0.2) is 8.78 Å². The van der Waals surface area contributed by atoms with E-state index in [2.05, 4.69) is 13.8 Å². The molecule has 0 bridgehead atoms. The van der Waals surface area contributed by atoms with E-state index in [9.17, 15) is 13.6 Å². The van der Waals surface area contributed by atoms with Gasteiger partial charge in [0.25, 0.3) is 0 Å². The normalized spacial score (nSPS) is 23.0. The van der Waals surface area contributed by atoms with E-state index in [0.717, 1.165) is 12.8 Å². The van der Waals surface area contributed by atoms with E-state index in [1.807, 2.05) is 0 Å².